The van der Waals surface area contributed by atoms with Crippen LogP contribution in [0.25, 0.3) is 11.4 Å². The summed E-state index contributed by atoms with van der Waals surface area (Å²) in [7, 11) is 4.68. The van der Waals surface area contributed by atoms with Gasteiger partial charge in [0.2, 0.25) is 10.5 Å². The molecule has 0 bridgehead atoms. The second-order valence-corrected chi connectivity index (χ2v) is 6.18. The summed E-state index contributed by atoms with van der Waals surface area (Å²) in [5, 5.41) is 11.6. The highest BCUT2D eigenvalue weighted by Gasteiger charge is 2.15. The summed E-state index contributed by atoms with van der Waals surface area (Å²) in [5.74, 6) is 2.93. The summed E-state index contributed by atoms with van der Waals surface area (Å²) in [6.45, 7) is 2.55. The third-order valence-electron chi connectivity index (χ3n) is 4.12. The maximum absolute atomic E-state index is 5.49. The van der Waals surface area contributed by atoms with E-state index in [2.05, 4.69) is 15.3 Å². The second-order valence-electron chi connectivity index (χ2n) is 5.79. The molecule has 0 atom stereocenters. The first-order valence-corrected chi connectivity index (χ1v) is 9.27. The van der Waals surface area contributed by atoms with Gasteiger partial charge in [-0.15, -0.1) is 0 Å². The van der Waals surface area contributed by atoms with Crippen molar-refractivity contribution in [3.63, 3.8) is 0 Å². The molecule has 29 heavy (non-hydrogen) atoms. The van der Waals surface area contributed by atoms with Gasteiger partial charge in [-0.3, -0.25) is 0 Å². The van der Waals surface area contributed by atoms with Crippen LogP contribution in [-0.4, -0.2) is 49.0 Å². The highest BCUT2D eigenvalue weighted by atomic mass is 32.1. The molecule has 0 saturated carbocycles. The lowest BCUT2D eigenvalue weighted by atomic mass is 10.2. The Kier molecular flexibility index (Phi) is 6.50. The van der Waals surface area contributed by atoms with E-state index in [1.54, 1.807) is 38.3 Å². The van der Waals surface area contributed by atoms with Gasteiger partial charge < -0.3 is 18.9 Å². The summed E-state index contributed by atoms with van der Waals surface area (Å²) < 4.78 is 23.6. The summed E-state index contributed by atoms with van der Waals surface area (Å²) in [6, 6.07) is 11.2. The van der Waals surface area contributed by atoms with Crippen LogP contribution in [0.2, 0.25) is 0 Å². The molecule has 0 spiro atoms. The number of ether oxygens (including phenoxy) is 4. The Morgan fingerprint density at radius 2 is 1.76 bits per heavy atom. The van der Waals surface area contributed by atoms with E-state index in [4.69, 9.17) is 31.2 Å². The minimum absolute atomic E-state index is 0.365. The lowest BCUT2D eigenvalue weighted by molar-refractivity contribution is 0.324. The van der Waals surface area contributed by atoms with E-state index in [-0.39, 0.29) is 0 Å². The molecule has 0 aliphatic rings. The summed E-state index contributed by atoms with van der Waals surface area (Å²) >= 11 is 5.34. The highest BCUT2D eigenvalue weighted by Crippen LogP contribution is 2.39. The van der Waals surface area contributed by atoms with Crippen LogP contribution in [0.1, 0.15) is 12.5 Å². The van der Waals surface area contributed by atoms with Gasteiger partial charge in [0.05, 0.1) is 34.2 Å². The first-order chi connectivity index (χ1) is 14.1. The third-order valence-corrected chi connectivity index (χ3v) is 4.39. The number of aromatic nitrogens is 3. The largest absolute Gasteiger partial charge is 0.494 e. The molecule has 1 N–H and O–H groups in total. The molecule has 0 amide bonds. The fraction of sp³-hybridized carbons (Fsp3) is 0.250. The number of methoxy groups -OCH3 is 3. The van der Waals surface area contributed by atoms with Crippen molar-refractivity contribution in [3.8, 4) is 34.4 Å². The smallest absolute Gasteiger partial charge is 0.216 e. The first-order valence-electron chi connectivity index (χ1n) is 8.86. The SMILES string of the molecule is CCOc1ccc(-c2n[nH]c(=S)n2/N=C\c2ccc(OC)c(OC)c2OC)cc1. The van der Waals surface area contributed by atoms with Crippen molar-refractivity contribution in [2.75, 3.05) is 27.9 Å². The van der Waals surface area contributed by atoms with Crippen LogP contribution < -0.4 is 18.9 Å². The fourth-order valence-corrected chi connectivity index (χ4v) is 2.98. The maximum Gasteiger partial charge on any atom is 0.216 e. The standard InChI is InChI=1S/C20H22N4O4S/c1-5-28-15-9-6-13(7-10-15)19-22-23-20(29)24(19)21-12-14-8-11-16(25-2)18(27-4)17(14)26-3/h6-12H,5H2,1-4H3,(H,23,29)/b21-12-. The molecule has 0 aliphatic carbocycles. The fourth-order valence-electron chi connectivity index (χ4n) is 2.80. The van der Waals surface area contributed by atoms with Crippen molar-refractivity contribution in [1.82, 2.24) is 14.9 Å². The van der Waals surface area contributed by atoms with Gasteiger partial charge in [-0.05, 0) is 55.5 Å². The monoisotopic (exact) mass is 414 g/mol. The van der Waals surface area contributed by atoms with Gasteiger partial charge in [0.15, 0.2) is 17.3 Å². The van der Waals surface area contributed by atoms with Crippen LogP contribution >= 0.6 is 12.2 Å². The summed E-state index contributed by atoms with van der Waals surface area (Å²) in [5.41, 5.74) is 1.54. The van der Waals surface area contributed by atoms with Gasteiger partial charge in [0.25, 0.3) is 0 Å². The van der Waals surface area contributed by atoms with Gasteiger partial charge in [0.1, 0.15) is 5.75 Å². The number of nitrogens with zero attached hydrogens (tertiary/aromatic N) is 3. The Morgan fingerprint density at radius 1 is 1.03 bits per heavy atom. The number of nitrogens with one attached hydrogen (secondary N) is 1. The van der Waals surface area contributed by atoms with E-state index in [0.29, 0.717) is 40.0 Å². The van der Waals surface area contributed by atoms with E-state index in [0.717, 1.165) is 11.3 Å². The van der Waals surface area contributed by atoms with Crippen molar-refractivity contribution in [2.24, 2.45) is 5.10 Å². The lowest BCUT2D eigenvalue weighted by Crippen LogP contribution is -2.00. The Bertz CT molecular complexity index is 1060. The predicted molar refractivity (Wildman–Crippen MR) is 113 cm³/mol. The molecule has 0 aliphatic heterocycles. The first kappa shape index (κ1) is 20.4. The Morgan fingerprint density at radius 3 is 2.38 bits per heavy atom. The molecule has 3 rings (SSSR count). The molecule has 3 aromatic rings. The Balaban J connectivity index is 1.99. The van der Waals surface area contributed by atoms with Crippen molar-refractivity contribution in [3.05, 3.63) is 46.7 Å². The number of rotatable bonds is 8. The summed E-state index contributed by atoms with van der Waals surface area (Å²) in [4.78, 5) is 0. The zero-order valence-electron chi connectivity index (χ0n) is 16.6. The van der Waals surface area contributed by atoms with E-state index < -0.39 is 0 Å². The van der Waals surface area contributed by atoms with E-state index in [9.17, 15) is 0 Å². The molecule has 9 heteroatoms. The molecule has 2 aromatic carbocycles. The number of benzene rings is 2. The third kappa shape index (κ3) is 4.24. The highest BCUT2D eigenvalue weighted by molar-refractivity contribution is 7.71. The molecule has 0 radical (unpaired) electrons. The molecule has 1 heterocycles. The van der Waals surface area contributed by atoms with Gasteiger partial charge in [0, 0.05) is 11.1 Å². The second kappa shape index (κ2) is 9.24. The average molecular weight is 414 g/mol. The molecule has 0 fully saturated rings. The number of hydrogen-bond acceptors (Lipinski definition) is 7. The molecule has 8 nitrogen and oxygen atoms in total. The number of H-pyrrole nitrogens is 1. The Labute approximate surface area is 173 Å². The van der Waals surface area contributed by atoms with Crippen molar-refractivity contribution < 1.29 is 18.9 Å². The topological polar surface area (TPSA) is 82.9 Å². The molecule has 0 saturated heterocycles. The lowest BCUT2D eigenvalue weighted by Gasteiger charge is -2.13. The van der Waals surface area contributed by atoms with Gasteiger partial charge in [-0.1, -0.05) is 0 Å². The average Bonchev–Trinajstić information content (AvgIpc) is 3.12. The van der Waals surface area contributed by atoms with Crippen molar-refractivity contribution in [2.45, 2.75) is 6.92 Å². The van der Waals surface area contributed by atoms with E-state index in [1.807, 2.05) is 37.3 Å². The number of hydrogen-bond donors (Lipinski definition) is 1. The van der Waals surface area contributed by atoms with Crippen LogP contribution in [0.15, 0.2) is 41.5 Å². The zero-order valence-corrected chi connectivity index (χ0v) is 17.4. The van der Waals surface area contributed by atoms with Crippen LogP contribution in [-0.2, 0) is 0 Å². The van der Waals surface area contributed by atoms with Gasteiger partial charge in [-0.2, -0.15) is 14.9 Å². The van der Waals surface area contributed by atoms with Crippen molar-refractivity contribution in [1.29, 1.82) is 0 Å². The van der Waals surface area contributed by atoms with Gasteiger partial charge >= 0.3 is 0 Å². The van der Waals surface area contributed by atoms with Crippen LogP contribution in [0, 0.1) is 4.77 Å². The van der Waals surface area contributed by atoms with Gasteiger partial charge in [-0.25, -0.2) is 5.10 Å². The maximum atomic E-state index is 5.49. The van der Waals surface area contributed by atoms with Crippen LogP contribution in [0.3, 0.4) is 0 Å². The molecular weight excluding hydrogens is 392 g/mol. The minimum atomic E-state index is 0.365. The van der Waals surface area contributed by atoms with Crippen LogP contribution in [0.5, 0.6) is 23.0 Å². The van der Waals surface area contributed by atoms with Crippen LogP contribution in [0.4, 0.5) is 0 Å². The summed E-state index contributed by atoms with van der Waals surface area (Å²) in [6.07, 6.45) is 1.63. The quantitative estimate of drug-likeness (QED) is 0.444. The van der Waals surface area contributed by atoms with E-state index in [1.165, 1.54) is 0 Å². The number of aromatic amines is 1. The Hall–Kier alpha value is -3.33. The van der Waals surface area contributed by atoms with Crippen molar-refractivity contribution >= 4 is 18.4 Å². The minimum Gasteiger partial charge on any atom is -0.494 e. The molecule has 0 unspecified atom stereocenters. The molecule has 152 valence electrons. The zero-order chi connectivity index (χ0) is 20.8. The molecular formula is C20H22N4O4S. The molecule has 1 aromatic heterocycles. The van der Waals surface area contributed by atoms with E-state index >= 15 is 0 Å². The normalized spacial score (nSPS) is 10.9. The predicted octanol–water partition coefficient (Wildman–Crippen LogP) is 3.91.